The van der Waals surface area contributed by atoms with Crippen molar-refractivity contribution < 1.29 is 13.9 Å². The fourth-order valence-electron chi connectivity index (χ4n) is 1.48. The van der Waals surface area contributed by atoms with Crippen LogP contribution in [-0.2, 0) is 9.53 Å². The first-order chi connectivity index (χ1) is 9.17. The summed E-state index contributed by atoms with van der Waals surface area (Å²) in [5.74, 6) is 0.0887. The lowest BCUT2D eigenvalue weighted by atomic mass is 10.3. The van der Waals surface area contributed by atoms with Gasteiger partial charge in [-0.25, -0.2) is 4.39 Å². The Morgan fingerprint density at radius 1 is 1.37 bits per heavy atom. The van der Waals surface area contributed by atoms with Crippen LogP contribution in [0.4, 0.5) is 4.39 Å². The Morgan fingerprint density at radius 3 is 2.63 bits per heavy atom. The molecule has 0 amide bonds. The molecule has 3 nitrogen and oxygen atoms in total. The van der Waals surface area contributed by atoms with Crippen LogP contribution in [0.1, 0.15) is 20.3 Å². The van der Waals surface area contributed by atoms with Gasteiger partial charge in [-0.3, -0.25) is 4.79 Å². The number of thioether (sulfide) groups is 1. The number of ether oxygens (including phenoxy) is 1. The molecule has 0 aliphatic rings. The fraction of sp³-hybridized carbons (Fsp3) is 0.500. The molecule has 1 unspecified atom stereocenters. The normalized spacial score (nSPS) is 12.2. The van der Waals surface area contributed by atoms with Crippen LogP contribution in [-0.4, -0.2) is 30.9 Å². The van der Waals surface area contributed by atoms with Crippen molar-refractivity contribution in [2.75, 3.05) is 18.9 Å². The van der Waals surface area contributed by atoms with Gasteiger partial charge in [-0.15, -0.1) is 11.8 Å². The van der Waals surface area contributed by atoms with Crippen molar-refractivity contribution in [1.82, 2.24) is 5.32 Å². The first-order valence-electron chi connectivity index (χ1n) is 6.45. The third-order valence-corrected chi connectivity index (χ3v) is 3.55. The first kappa shape index (κ1) is 16.0. The molecule has 0 radical (unpaired) electrons. The minimum Gasteiger partial charge on any atom is -0.465 e. The Labute approximate surface area is 117 Å². The maximum Gasteiger partial charge on any atom is 0.323 e. The quantitative estimate of drug-likeness (QED) is 0.589. The summed E-state index contributed by atoms with van der Waals surface area (Å²) in [6.07, 6.45) is 0.955. The molecular formula is C14H20FNO2S. The molecule has 0 bridgehead atoms. The van der Waals surface area contributed by atoms with Gasteiger partial charge in [0, 0.05) is 10.6 Å². The van der Waals surface area contributed by atoms with E-state index in [-0.39, 0.29) is 17.8 Å². The zero-order valence-corrected chi connectivity index (χ0v) is 12.1. The molecule has 0 fully saturated rings. The molecule has 0 saturated carbocycles. The highest BCUT2D eigenvalue weighted by Crippen LogP contribution is 2.19. The first-order valence-corrected chi connectivity index (χ1v) is 7.44. The van der Waals surface area contributed by atoms with Gasteiger partial charge < -0.3 is 10.1 Å². The number of carbonyl (C=O) groups excluding carboxylic acids is 1. The Hall–Kier alpha value is -1.07. The Bertz CT molecular complexity index is 384. The monoisotopic (exact) mass is 285 g/mol. The fourth-order valence-corrected chi connectivity index (χ4v) is 2.42. The molecule has 19 heavy (non-hydrogen) atoms. The number of hydrogen-bond acceptors (Lipinski definition) is 4. The van der Waals surface area contributed by atoms with E-state index in [0.29, 0.717) is 12.4 Å². The van der Waals surface area contributed by atoms with Crippen LogP contribution in [0.2, 0.25) is 0 Å². The number of hydrogen-bond donors (Lipinski definition) is 1. The zero-order valence-electron chi connectivity index (χ0n) is 11.3. The van der Waals surface area contributed by atoms with Crippen LogP contribution in [0.5, 0.6) is 0 Å². The van der Waals surface area contributed by atoms with Crippen molar-refractivity contribution in [2.24, 2.45) is 0 Å². The molecule has 1 rings (SSSR count). The molecule has 1 aromatic carbocycles. The Morgan fingerprint density at radius 2 is 2.05 bits per heavy atom. The number of carbonyl (C=O) groups is 1. The van der Waals surface area contributed by atoms with Crippen molar-refractivity contribution in [3.05, 3.63) is 30.1 Å². The number of esters is 1. The predicted molar refractivity (Wildman–Crippen MR) is 75.8 cm³/mol. The topological polar surface area (TPSA) is 38.3 Å². The van der Waals surface area contributed by atoms with E-state index >= 15 is 0 Å². The second kappa shape index (κ2) is 8.93. The smallest absolute Gasteiger partial charge is 0.323 e. The highest BCUT2D eigenvalue weighted by molar-refractivity contribution is 7.99. The molecule has 0 aromatic heterocycles. The molecule has 1 N–H and O–H groups in total. The lowest BCUT2D eigenvalue weighted by molar-refractivity contribution is -0.144. The van der Waals surface area contributed by atoms with Crippen molar-refractivity contribution in [2.45, 2.75) is 31.2 Å². The second-order valence-corrected chi connectivity index (χ2v) is 5.12. The van der Waals surface area contributed by atoms with Crippen molar-refractivity contribution in [3.8, 4) is 0 Å². The van der Waals surface area contributed by atoms with Crippen LogP contribution < -0.4 is 5.32 Å². The Balaban J connectivity index is 2.51. The summed E-state index contributed by atoms with van der Waals surface area (Å²) in [6, 6.07) is 5.93. The third kappa shape index (κ3) is 6.07. The highest BCUT2D eigenvalue weighted by Gasteiger charge is 2.18. The molecular weight excluding hydrogens is 265 g/mol. The largest absolute Gasteiger partial charge is 0.465 e. The van der Waals surface area contributed by atoms with Gasteiger partial charge in [-0.05, 0) is 44.2 Å². The molecule has 1 atom stereocenters. The molecule has 0 spiro atoms. The second-order valence-electron chi connectivity index (χ2n) is 4.02. The van der Waals surface area contributed by atoms with Gasteiger partial charge >= 0.3 is 5.97 Å². The van der Waals surface area contributed by atoms with E-state index in [1.807, 2.05) is 6.92 Å². The number of nitrogens with one attached hydrogen (secondary N) is 1. The van der Waals surface area contributed by atoms with Crippen LogP contribution in [0.25, 0.3) is 0 Å². The predicted octanol–water partition coefficient (Wildman–Crippen LogP) is 2.85. The van der Waals surface area contributed by atoms with E-state index in [0.717, 1.165) is 17.9 Å². The van der Waals surface area contributed by atoms with E-state index in [2.05, 4.69) is 5.32 Å². The van der Waals surface area contributed by atoms with E-state index in [1.54, 1.807) is 19.1 Å². The average Bonchev–Trinajstić information content (AvgIpc) is 2.41. The molecule has 0 heterocycles. The van der Waals surface area contributed by atoms with Crippen molar-refractivity contribution in [3.63, 3.8) is 0 Å². The zero-order chi connectivity index (χ0) is 14.1. The average molecular weight is 285 g/mol. The summed E-state index contributed by atoms with van der Waals surface area (Å²) in [5.41, 5.74) is 0. The van der Waals surface area contributed by atoms with Crippen LogP contribution in [0, 0.1) is 5.82 Å². The van der Waals surface area contributed by atoms with Gasteiger partial charge in [-0.1, -0.05) is 6.92 Å². The minimum atomic E-state index is -0.324. The SMILES string of the molecule is CCCNC(CSc1ccc(F)cc1)C(=O)OCC. The molecule has 0 saturated heterocycles. The van der Waals surface area contributed by atoms with Gasteiger partial charge in [0.1, 0.15) is 11.9 Å². The summed E-state index contributed by atoms with van der Waals surface area (Å²) >= 11 is 1.51. The van der Waals surface area contributed by atoms with Gasteiger partial charge in [0.25, 0.3) is 0 Å². The lowest BCUT2D eigenvalue weighted by Crippen LogP contribution is -2.40. The van der Waals surface area contributed by atoms with E-state index in [1.165, 1.54) is 23.9 Å². The summed E-state index contributed by atoms with van der Waals surface area (Å²) in [4.78, 5) is 12.7. The molecule has 1 aromatic rings. The van der Waals surface area contributed by atoms with Gasteiger partial charge in [0.2, 0.25) is 0 Å². The van der Waals surface area contributed by atoms with E-state index < -0.39 is 0 Å². The summed E-state index contributed by atoms with van der Waals surface area (Å²) < 4.78 is 17.8. The number of rotatable bonds is 8. The van der Waals surface area contributed by atoms with Gasteiger partial charge in [0.15, 0.2) is 0 Å². The summed E-state index contributed by atoms with van der Waals surface area (Å²) in [5, 5.41) is 3.17. The maximum atomic E-state index is 12.8. The molecule has 106 valence electrons. The standard InChI is InChI=1S/C14H20FNO2S/c1-3-9-16-13(14(17)18-4-2)10-19-12-7-5-11(15)6-8-12/h5-8,13,16H,3-4,9-10H2,1-2H3. The maximum absolute atomic E-state index is 12.8. The summed E-state index contributed by atoms with van der Waals surface area (Å²) in [6.45, 7) is 4.99. The lowest BCUT2D eigenvalue weighted by Gasteiger charge is -2.16. The van der Waals surface area contributed by atoms with Crippen LogP contribution in [0.15, 0.2) is 29.2 Å². The highest BCUT2D eigenvalue weighted by atomic mass is 32.2. The Kier molecular flexibility index (Phi) is 7.52. The van der Waals surface area contributed by atoms with Crippen LogP contribution >= 0.6 is 11.8 Å². The van der Waals surface area contributed by atoms with Crippen molar-refractivity contribution >= 4 is 17.7 Å². The van der Waals surface area contributed by atoms with Crippen molar-refractivity contribution in [1.29, 1.82) is 0 Å². The van der Waals surface area contributed by atoms with Crippen LogP contribution in [0.3, 0.4) is 0 Å². The van der Waals surface area contributed by atoms with E-state index in [9.17, 15) is 9.18 Å². The summed E-state index contributed by atoms with van der Waals surface area (Å²) in [7, 11) is 0. The van der Waals surface area contributed by atoms with Gasteiger partial charge in [0.05, 0.1) is 6.61 Å². The van der Waals surface area contributed by atoms with E-state index in [4.69, 9.17) is 4.74 Å². The molecule has 5 heteroatoms. The van der Waals surface area contributed by atoms with Gasteiger partial charge in [-0.2, -0.15) is 0 Å². The molecule has 0 aliphatic carbocycles. The minimum absolute atomic E-state index is 0.231. The number of halogens is 1. The third-order valence-electron chi connectivity index (χ3n) is 2.44. The number of benzene rings is 1. The molecule has 0 aliphatic heterocycles.